The monoisotopic (exact) mass is 176 g/mol. The highest BCUT2D eigenvalue weighted by atomic mass is 15.2. The van der Waals surface area contributed by atoms with E-state index in [1.165, 1.54) is 0 Å². The lowest BCUT2D eigenvalue weighted by atomic mass is 10.1. The average molecular weight is 176 g/mol. The third-order valence-electron chi connectivity index (χ3n) is 2.26. The molecule has 69 valence electrons. The maximum absolute atomic E-state index is 4.30. The van der Waals surface area contributed by atoms with Gasteiger partial charge in [0, 0.05) is 25.5 Å². The van der Waals surface area contributed by atoms with Crippen LogP contribution in [0, 0.1) is 13.3 Å². The third-order valence-corrected chi connectivity index (χ3v) is 2.26. The van der Waals surface area contributed by atoms with Crippen molar-refractivity contribution >= 4 is 5.95 Å². The van der Waals surface area contributed by atoms with Crippen molar-refractivity contribution in [3.8, 4) is 0 Å². The molecule has 0 amide bonds. The summed E-state index contributed by atoms with van der Waals surface area (Å²) in [6.07, 6.45) is 8.38. The molecule has 3 heteroatoms. The lowest BCUT2D eigenvalue weighted by molar-refractivity contribution is 0.661. The van der Waals surface area contributed by atoms with Crippen LogP contribution in [0.1, 0.15) is 18.4 Å². The Balaban J connectivity index is 2.10. The summed E-state index contributed by atoms with van der Waals surface area (Å²) in [6.45, 7) is 4.12. The minimum Gasteiger partial charge on any atom is -0.341 e. The first-order chi connectivity index (χ1) is 6.36. The Morgan fingerprint density at radius 3 is 2.38 bits per heavy atom. The van der Waals surface area contributed by atoms with E-state index < -0.39 is 0 Å². The van der Waals surface area contributed by atoms with Crippen LogP contribution < -0.4 is 4.90 Å². The lowest BCUT2D eigenvalue weighted by Crippen LogP contribution is -2.31. The smallest absolute Gasteiger partial charge is 0.225 e. The van der Waals surface area contributed by atoms with Gasteiger partial charge in [-0.15, -0.1) is 0 Å². The first-order valence-corrected chi connectivity index (χ1v) is 4.71. The van der Waals surface area contributed by atoms with E-state index in [0.717, 1.165) is 37.4 Å². The zero-order valence-electron chi connectivity index (χ0n) is 7.90. The summed E-state index contributed by atoms with van der Waals surface area (Å²) < 4.78 is 0. The van der Waals surface area contributed by atoms with E-state index in [4.69, 9.17) is 0 Å². The van der Waals surface area contributed by atoms with Gasteiger partial charge in [0.15, 0.2) is 0 Å². The first-order valence-electron chi connectivity index (χ1n) is 4.71. The van der Waals surface area contributed by atoms with Crippen LogP contribution >= 0.6 is 0 Å². The Bertz CT molecular complexity index is 262. The van der Waals surface area contributed by atoms with E-state index in [1.54, 1.807) is 0 Å². The molecule has 1 aromatic rings. The fraction of sp³-hybridized carbons (Fsp3) is 0.500. The number of anilines is 1. The van der Waals surface area contributed by atoms with Crippen LogP contribution in [0.25, 0.3) is 0 Å². The fourth-order valence-electron chi connectivity index (χ4n) is 1.50. The minimum atomic E-state index is 0.874. The topological polar surface area (TPSA) is 29.0 Å². The normalized spacial score (nSPS) is 17.5. The van der Waals surface area contributed by atoms with Crippen LogP contribution in [-0.2, 0) is 0 Å². The Labute approximate surface area is 78.8 Å². The van der Waals surface area contributed by atoms with Gasteiger partial charge in [0.25, 0.3) is 0 Å². The third kappa shape index (κ3) is 1.97. The van der Waals surface area contributed by atoms with Gasteiger partial charge in [-0.05, 0) is 31.7 Å². The predicted molar refractivity (Wildman–Crippen MR) is 52.5 cm³/mol. The number of nitrogens with zero attached hydrogens (tertiary/aromatic N) is 3. The standard InChI is InChI=1S/C10H14N3/c1-9-7-11-10(12-8-9)13-5-3-2-4-6-13/h2,7-8H,3-6H2,1H3. The molecule has 0 spiro atoms. The molecule has 1 saturated heterocycles. The van der Waals surface area contributed by atoms with E-state index >= 15 is 0 Å². The Morgan fingerprint density at radius 1 is 1.15 bits per heavy atom. The molecule has 2 heterocycles. The molecule has 3 nitrogen and oxygen atoms in total. The number of rotatable bonds is 1. The van der Waals surface area contributed by atoms with Crippen molar-refractivity contribution in [2.45, 2.75) is 19.8 Å². The largest absolute Gasteiger partial charge is 0.341 e. The number of hydrogen-bond acceptors (Lipinski definition) is 3. The maximum atomic E-state index is 4.30. The zero-order valence-corrected chi connectivity index (χ0v) is 7.90. The van der Waals surface area contributed by atoms with E-state index in [9.17, 15) is 0 Å². The second-order valence-corrected chi connectivity index (χ2v) is 3.41. The molecule has 1 radical (unpaired) electrons. The molecule has 1 fully saturated rings. The van der Waals surface area contributed by atoms with Crippen molar-refractivity contribution in [3.05, 3.63) is 24.4 Å². The molecule has 0 unspecified atom stereocenters. The second-order valence-electron chi connectivity index (χ2n) is 3.41. The summed E-state index contributed by atoms with van der Waals surface area (Å²) in [7, 11) is 0. The highest BCUT2D eigenvalue weighted by Crippen LogP contribution is 2.13. The molecule has 0 aliphatic carbocycles. The Morgan fingerprint density at radius 2 is 1.77 bits per heavy atom. The summed E-state index contributed by atoms with van der Waals surface area (Å²) in [4.78, 5) is 10.8. The number of hydrogen-bond donors (Lipinski definition) is 0. The van der Waals surface area contributed by atoms with E-state index in [2.05, 4.69) is 21.3 Å². The van der Waals surface area contributed by atoms with Gasteiger partial charge in [-0.2, -0.15) is 0 Å². The van der Waals surface area contributed by atoms with Gasteiger partial charge in [0.1, 0.15) is 0 Å². The summed E-state index contributed by atoms with van der Waals surface area (Å²) >= 11 is 0. The summed E-state index contributed by atoms with van der Waals surface area (Å²) in [5, 5.41) is 0. The number of piperidine rings is 1. The quantitative estimate of drug-likeness (QED) is 0.650. The van der Waals surface area contributed by atoms with E-state index in [0.29, 0.717) is 0 Å². The molecule has 1 aliphatic heterocycles. The SMILES string of the molecule is Cc1cnc(N2CC[CH]CC2)nc1. The molecule has 13 heavy (non-hydrogen) atoms. The van der Waals surface area contributed by atoms with Gasteiger partial charge >= 0.3 is 0 Å². The fourth-order valence-corrected chi connectivity index (χ4v) is 1.50. The highest BCUT2D eigenvalue weighted by Gasteiger charge is 2.12. The van der Waals surface area contributed by atoms with Crippen LogP contribution in [0.4, 0.5) is 5.95 Å². The van der Waals surface area contributed by atoms with Gasteiger partial charge < -0.3 is 4.90 Å². The average Bonchev–Trinajstić information content (AvgIpc) is 2.20. The molecular formula is C10H14N3. The molecule has 2 rings (SSSR count). The van der Waals surface area contributed by atoms with Crippen molar-refractivity contribution in [3.63, 3.8) is 0 Å². The maximum Gasteiger partial charge on any atom is 0.225 e. The van der Waals surface area contributed by atoms with Gasteiger partial charge in [0.2, 0.25) is 5.95 Å². The molecule has 0 aromatic carbocycles. The molecule has 0 saturated carbocycles. The minimum absolute atomic E-state index is 0.874. The molecule has 1 aliphatic rings. The van der Waals surface area contributed by atoms with Gasteiger partial charge in [-0.25, -0.2) is 9.97 Å². The highest BCUT2D eigenvalue weighted by molar-refractivity contribution is 5.30. The first kappa shape index (κ1) is 8.48. The van der Waals surface area contributed by atoms with E-state index in [-0.39, 0.29) is 0 Å². The summed E-state index contributed by atoms with van der Waals surface area (Å²) in [5.74, 6) is 0.874. The van der Waals surface area contributed by atoms with Crippen LogP contribution in [0.5, 0.6) is 0 Å². The molecule has 0 N–H and O–H groups in total. The Hall–Kier alpha value is -1.12. The van der Waals surface area contributed by atoms with Crippen molar-refractivity contribution < 1.29 is 0 Å². The van der Waals surface area contributed by atoms with Crippen molar-refractivity contribution in [2.75, 3.05) is 18.0 Å². The molecule has 1 aromatic heterocycles. The molecular weight excluding hydrogens is 162 g/mol. The van der Waals surface area contributed by atoms with Crippen LogP contribution in [-0.4, -0.2) is 23.1 Å². The summed E-state index contributed by atoms with van der Waals surface area (Å²) in [6, 6.07) is 0. The van der Waals surface area contributed by atoms with Crippen LogP contribution in [0.15, 0.2) is 12.4 Å². The second kappa shape index (κ2) is 3.73. The summed E-state index contributed by atoms with van der Waals surface area (Å²) in [5.41, 5.74) is 1.12. The van der Waals surface area contributed by atoms with E-state index in [1.807, 2.05) is 19.3 Å². The van der Waals surface area contributed by atoms with Crippen LogP contribution in [0.3, 0.4) is 0 Å². The van der Waals surface area contributed by atoms with Gasteiger partial charge in [0.05, 0.1) is 0 Å². The zero-order chi connectivity index (χ0) is 9.10. The lowest BCUT2D eigenvalue weighted by Gasteiger charge is -2.26. The van der Waals surface area contributed by atoms with Gasteiger partial charge in [-0.1, -0.05) is 0 Å². The molecule has 0 bridgehead atoms. The molecule has 0 atom stereocenters. The van der Waals surface area contributed by atoms with Crippen molar-refractivity contribution in [1.29, 1.82) is 0 Å². The van der Waals surface area contributed by atoms with Gasteiger partial charge in [-0.3, -0.25) is 0 Å². The van der Waals surface area contributed by atoms with Crippen molar-refractivity contribution in [2.24, 2.45) is 0 Å². The predicted octanol–water partition coefficient (Wildman–Crippen LogP) is 1.59. The Kier molecular flexibility index (Phi) is 2.43. The van der Waals surface area contributed by atoms with Crippen LogP contribution in [0.2, 0.25) is 0 Å². The number of aryl methyl sites for hydroxylation is 1. The van der Waals surface area contributed by atoms with Crippen molar-refractivity contribution in [1.82, 2.24) is 9.97 Å². The number of aromatic nitrogens is 2.